The summed E-state index contributed by atoms with van der Waals surface area (Å²) >= 11 is 0. The third-order valence-corrected chi connectivity index (χ3v) is 4.42. The standard InChI is InChI=1S/C18H29N5O2/c1-4-25-17-12-15(5-8-21-17)13-22-18(20-3)23-9-6-14(7-10-23)11-16(24)19-2/h5,8,12,14H,4,6-7,9-11,13H2,1-3H3,(H,19,24)(H,20,22). The lowest BCUT2D eigenvalue weighted by atomic mass is 9.93. The molecule has 1 fully saturated rings. The van der Waals surface area contributed by atoms with Crippen molar-refractivity contribution in [1.29, 1.82) is 0 Å². The maximum Gasteiger partial charge on any atom is 0.220 e. The zero-order chi connectivity index (χ0) is 18.1. The minimum absolute atomic E-state index is 0.128. The van der Waals surface area contributed by atoms with Crippen LogP contribution in [0.1, 0.15) is 31.7 Å². The van der Waals surface area contributed by atoms with Crippen LogP contribution in [0.15, 0.2) is 23.3 Å². The molecule has 2 rings (SSSR count). The Kier molecular flexibility index (Phi) is 7.50. The second-order valence-corrected chi connectivity index (χ2v) is 6.14. The average Bonchev–Trinajstić information content (AvgIpc) is 2.64. The van der Waals surface area contributed by atoms with Gasteiger partial charge in [-0.3, -0.25) is 9.79 Å². The molecule has 1 saturated heterocycles. The molecule has 1 amide bonds. The van der Waals surface area contributed by atoms with Crippen molar-refractivity contribution in [3.63, 3.8) is 0 Å². The van der Waals surface area contributed by atoms with E-state index in [1.165, 1.54) is 0 Å². The molecule has 7 nitrogen and oxygen atoms in total. The van der Waals surface area contributed by atoms with Gasteiger partial charge in [0.25, 0.3) is 0 Å². The summed E-state index contributed by atoms with van der Waals surface area (Å²) in [6.45, 7) is 5.07. The summed E-state index contributed by atoms with van der Waals surface area (Å²) in [5.41, 5.74) is 1.11. The molecule has 138 valence electrons. The molecular formula is C18H29N5O2. The van der Waals surface area contributed by atoms with Gasteiger partial charge < -0.3 is 20.3 Å². The summed E-state index contributed by atoms with van der Waals surface area (Å²) in [5.74, 6) is 2.13. The Morgan fingerprint density at radius 2 is 2.20 bits per heavy atom. The van der Waals surface area contributed by atoms with E-state index in [1.54, 1.807) is 20.3 Å². The predicted molar refractivity (Wildman–Crippen MR) is 98.6 cm³/mol. The fourth-order valence-corrected chi connectivity index (χ4v) is 3.01. The molecule has 0 aromatic carbocycles. The lowest BCUT2D eigenvalue weighted by Crippen LogP contribution is -2.45. The first-order valence-corrected chi connectivity index (χ1v) is 8.90. The van der Waals surface area contributed by atoms with Crippen LogP contribution in [0, 0.1) is 5.92 Å². The maximum absolute atomic E-state index is 11.5. The van der Waals surface area contributed by atoms with Crippen LogP contribution in [0.4, 0.5) is 0 Å². The number of guanidine groups is 1. The molecule has 1 aromatic rings. The largest absolute Gasteiger partial charge is 0.478 e. The van der Waals surface area contributed by atoms with E-state index in [4.69, 9.17) is 4.74 Å². The van der Waals surface area contributed by atoms with Crippen molar-refractivity contribution < 1.29 is 9.53 Å². The fourth-order valence-electron chi connectivity index (χ4n) is 3.01. The third kappa shape index (κ3) is 5.92. The normalized spacial score (nSPS) is 15.8. The first-order valence-electron chi connectivity index (χ1n) is 8.90. The van der Waals surface area contributed by atoms with Crippen LogP contribution in [0.5, 0.6) is 5.88 Å². The van der Waals surface area contributed by atoms with Gasteiger partial charge in [-0.1, -0.05) is 0 Å². The van der Waals surface area contributed by atoms with Crippen molar-refractivity contribution in [2.24, 2.45) is 10.9 Å². The number of amides is 1. The van der Waals surface area contributed by atoms with Crippen LogP contribution in [0.3, 0.4) is 0 Å². The number of aliphatic imine (C=N–C) groups is 1. The van der Waals surface area contributed by atoms with Gasteiger partial charge in [0, 0.05) is 52.4 Å². The zero-order valence-corrected chi connectivity index (χ0v) is 15.4. The van der Waals surface area contributed by atoms with E-state index >= 15 is 0 Å². The van der Waals surface area contributed by atoms with E-state index in [0.717, 1.165) is 37.5 Å². The number of hydrogen-bond acceptors (Lipinski definition) is 4. The Balaban J connectivity index is 1.83. The molecule has 2 heterocycles. The quantitative estimate of drug-likeness (QED) is 0.601. The van der Waals surface area contributed by atoms with E-state index in [2.05, 4.69) is 25.5 Å². The van der Waals surface area contributed by atoms with Gasteiger partial charge in [0.05, 0.1) is 6.61 Å². The molecule has 0 bridgehead atoms. The van der Waals surface area contributed by atoms with Crippen LogP contribution in [-0.4, -0.2) is 55.5 Å². The van der Waals surface area contributed by atoms with Gasteiger partial charge in [-0.25, -0.2) is 4.98 Å². The summed E-state index contributed by atoms with van der Waals surface area (Å²) in [5, 5.41) is 6.11. The summed E-state index contributed by atoms with van der Waals surface area (Å²) in [4.78, 5) is 22.3. The number of nitrogens with one attached hydrogen (secondary N) is 2. The maximum atomic E-state index is 11.5. The first-order chi connectivity index (χ1) is 12.2. The number of nitrogens with zero attached hydrogens (tertiary/aromatic N) is 3. The highest BCUT2D eigenvalue weighted by Crippen LogP contribution is 2.20. The Hall–Kier alpha value is -2.31. The summed E-state index contributed by atoms with van der Waals surface area (Å²) in [6.07, 6.45) is 4.40. The van der Waals surface area contributed by atoms with Crippen LogP contribution in [-0.2, 0) is 11.3 Å². The highest BCUT2D eigenvalue weighted by Gasteiger charge is 2.22. The number of aromatic nitrogens is 1. The topological polar surface area (TPSA) is 78.8 Å². The molecule has 1 aliphatic heterocycles. The summed E-state index contributed by atoms with van der Waals surface area (Å²) in [6, 6.07) is 3.91. The van der Waals surface area contributed by atoms with Crippen molar-refractivity contribution in [3.05, 3.63) is 23.9 Å². The van der Waals surface area contributed by atoms with E-state index in [9.17, 15) is 4.79 Å². The van der Waals surface area contributed by atoms with Crippen molar-refractivity contribution in [3.8, 4) is 5.88 Å². The molecule has 25 heavy (non-hydrogen) atoms. The van der Waals surface area contributed by atoms with Gasteiger partial charge in [0.1, 0.15) is 0 Å². The second kappa shape index (κ2) is 9.86. The number of likely N-dealkylation sites (tertiary alicyclic amines) is 1. The molecule has 2 N–H and O–H groups in total. The molecule has 0 unspecified atom stereocenters. The molecule has 0 aliphatic carbocycles. The van der Waals surface area contributed by atoms with Gasteiger partial charge in [0.2, 0.25) is 11.8 Å². The monoisotopic (exact) mass is 347 g/mol. The molecule has 7 heteroatoms. The number of carbonyl (C=O) groups excluding carboxylic acids is 1. The minimum Gasteiger partial charge on any atom is -0.478 e. The molecule has 0 radical (unpaired) electrons. The number of hydrogen-bond donors (Lipinski definition) is 2. The highest BCUT2D eigenvalue weighted by molar-refractivity contribution is 5.80. The zero-order valence-electron chi connectivity index (χ0n) is 15.4. The number of pyridine rings is 1. The van der Waals surface area contributed by atoms with Crippen molar-refractivity contribution in [2.45, 2.75) is 32.7 Å². The average molecular weight is 347 g/mol. The Labute approximate surface area is 149 Å². The lowest BCUT2D eigenvalue weighted by Gasteiger charge is -2.34. The summed E-state index contributed by atoms with van der Waals surface area (Å²) < 4.78 is 5.44. The van der Waals surface area contributed by atoms with Crippen LogP contribution >= 0.6 is 0 Å². The molecule has 0 atom stereocenters. The number of piperidine rings is 1. The van der Waals surface area contributed by atoms with E-state index in [1.807, 2.05) is 19.1 Å². The number of rotatable bonds is 6. The van der Waals surface area contributed by atoms with Crippen molar-refractivity contribution in [2.75, 3.05) is 33.8 Å². The fraction of sp³-hybridized carbons (Fsp3) is 0.611. The second-order valence-electron chi connectivity index (χ2n) is 6.14. The number of ether oxygens (including phenoxy) is 1. The first kappa shape index (κ1) is 19.0. The Morgan fingerprint density at radius 1 is 1.44 bits per heavy atom. The molecule has 0 spiro atoms. The molecular weight excluding hydrogens is 318 g/mol. The van der Waals surface area contributed by atoms with Crippen LogP contribution in [0.2, 0.25) is 0 Å². The third-order valence-electron chi connectivity index (χ3n) is 4.42. The smallest absolute Gasteiger partial charge is 0.220 e. The van der Waals surface area contributed by atoms with Gasteiger partial charge in [-0.05, 0) is 37.3 Å². The van der Waals surface area contributed by atoms with Crippen LogP contribution < -0.4 is 15.4 Å². The Bertz CT molecular complexity index is 583. The number of carbonyl (C=O) groups is 1. The van der Waals surface area contributed by atoms with E-state index < -0.39 is 0 Å². The van der Waals surface area contributed by atoms with Crippen LogP contribution in [0.25, 0.3) is 0 Å². The Morgan fingerprint density at radius 3 is 2.84 bits per heavy atom. The molecule has 1 aromatic heterocycles. The molecule has 0 saturated carbocycles. The van der Waals surface area contributed by atoms with Crippen molar-refractivity contribution in [1.82, 2.24) is 20.5 Å². The SMILES string of the molecule is CCOc1cc(CNC(=NC)N2CCC(CC(=O)NC)CC2)ccn1. The van der Waals surface area contributed by atoms with Gasteiger partial charge in [-0.15, -0.1) is 0 Å². The summed E-state index contributed by atoms with van der Waals surface area (Å²) in [7, 11) is 3.50. The van der Waals surface area contributed by atoms with Gasteiger partial charge in [-0.2, -0.15) is 0 Å². The van der Waals surface area contributed by atoms with E-state index in [0.29, 0.717) is 31.4 Å². The lowest BCUT2D eigenvalue weighted by molar-refractivity contribution is -0.121. The van der Waals surface area contributed by atoms with E-state index in [-0.39, 0.29) is 5.91 Å². The van der Waals surface area contributed by atoms with Crippen molar-refractivity contribution >= 4 is 11.9 Å². The molecule has 1 aliphatic rings. The predicted octanol–water partition coefficient (Wildman–Crippen LogP) is 1.40. The van der Waals surface area contributed by atoms with Gasteiger partial charge in [0.15, 0.2) is 5.96 Å². The minimum atomic E-state index is 0.128. The highest BCUT2D eigenvalue weighted by atomic mass is 16.5. The van der Waals surface area contributed by atoms with Gasteiger partial charge >= 0.3 is 0 Å².